The second-order valence-electron chi connectivity index (χ2n) is 6.26. The molecule has 0 spiro atoms. The van der Waals surface area contributed by atoms with Crippen LogP contribution in [0.5, 0.6) is 0 Å². The second kappa shape index (κ2) is 4.06. The minimum absolute atomic E-state index is 0.270. The zero-order valence-electron chi connectivity index (χ0n) is 10.7. The molecule has 0 N–H and O–H groups in total. The summed E-state index contributed by atoms with van der Waals surface area (Å²) in [5.74, 6) is 1.91. The number of fused-ring (bicyclic) bond motifs is 1. The Kier molecular flexibility index (Phi) is 3.04. The minimum atomic E-state index is 0.270. The van der Waals surface area contributed by atoms with Crippen LogP contribution in [0.4, 0.5) is 0 Å². The summed E-state index contributed by atoms with van der Waals surface area (Å²) in [6.45, 7) is 10.1. The third kappa shape index (κ3) is 2.42. The number of imidazole rings is 1. The van der Waals surface area contributed by atoms with Gasteiger partial charge in [0.1, 0.15) is 5.82 Å². The predicted molar refractivity (Wildman–Crippen MR) is 67.9 cm³/mol. The SMILES string of the molecule is CC1CCc2c(Cl)nc(CC(C)(C)C)n2C1. The molecule has 2 rings (SSSR count). The molecule has 1 aliphatic rings. The average Bonchev–Trinajstić information content (AvgIpc) is 2.40. The van der Waals surface area contributed by atoms with Crippen LogP contribution in [0.3, 0.4) is 0 Å². The summed E-state index contributed by atoms with van der Waals surface area (Å²) in [4.78, 5) is 4.54. The van der Waals surface area contributed by atoms with Gasteiger partial charge in [0.05, 0.1) is 5.69 Å². The largest absolute Gasteiger partial charge is 0.330 e. The van der Waals surface area contributed by atoms with Crippen LogP contribution in [0.2, 0.25) is 5.15 Å². The van der Waals surface area contributed by atoms with Gasteiger partial charge in [0.15, 0.2) is 5.15 Å². The van der Waals surface area contributed by atoms with Gasteiger partial charge >= 0.3 is 0 Å². The molecule has 0 radical (unpaired) electrons. The van der Waals surface area contributed by atoms with Gasteiger partial charge in [-0.1, -0.05) is 39.3 Å². The highest BCUT2D eigenvalue weighted by molar-refractivity contribution is 6.30. The topological polar surface area (TPSA) is 17.8 Å². The standard InChI is InChI=1S/C13H21ClN2/c1-9-5-6-10-12(14)15-11(16(10)8-9)7-13(2,3)4/h9H,5-8H2,1-4H3. The lowest BCUT2D eigenvalue weighted by atomic mass is 9.91. The molecule has 1 aromatic heterocycles. The normalized spacial score (nSPS) is 20.9. The number of halogens is 1. The number of nitrogens with zero attached hydrogens (tertiary/aromatic N) is 2. The molecule has 1 atom stereocenters. The summed E-state index contributed by atoms with van der Waals surface area (Å²) in [5, 5.41) is 0.728. The van der Waals surface area contributed by atoms with Crippen molar-refractivity contribution in [3.8, 4) is 0 Å². The van der Waals surface area contributed by atoms with E-state index >= 15 is 0 Å². The number of rotatable bonds is 1. The lowest BCUT2D eigenvalue weighted by Crippen LogP contribution is -2.22. The molecule has 0 saturated heterocycles. The third-order valence-corrected chi connectivity index (χ3v) is 3.46. The van der Waals surface area contributed by atoms with Crippen molar-refractivity contribution < 1.29 is 0 Å². The molecule has 90 valence electrons. The predicted octanol–water partition coefficient (Wildman–Crippen LogP) is 3.71. The summed E-state index contributed by atoms with van der Waals surface area (Å²) in [7, 11) is 0. The Labute approximate surface area is 103 Å². The molecular weight excluding hydrogens is 220 g/mol. The first-order chi connectivity index (χ1) is 7.37. The highest BCUT2D eigenvalue weighted by atomic mass is 35.5. The maximum atomic E-state index is 6.21. The Balaban J connectivity index is 2.33. The first-order valence-corrected chi connectivity index (χ1v) is 6.48. The molecule has 1 unspecified atom stereocenters. The highest BCUT2D eigenvalue weighted by Crippen LogP contribution is 2.30. The van der Waals surface area contributed by atoms with E-state index in [-0.39, 0.29) is 5.41 Å². The van der Waals surface area contributed by atoms with E-state index in [0.29, 0.717) is 0 Å². The lowest BCUT2D eigenvalue weighted by molar-refractivity contribution is 0.355. The van der Waals surface area contributed by atoms with Crippen molar-refractivity contribution in [1.82, 2.24) is 9.55 Å². The maximum Gasteiger partial charge on any atom is 0.150 e. The Morgan fingerprint density at radius 1 is 1.44 bits per heavy atom. The average molecular weight is 241 g/mol. The molecule has 2 heterocycles. The summed E-state index contributed by atoms with van der Waals surface area (Å²) < 4.78 is 2.35. The Hall–Kier alpha value is -0.500. The van der Waals surface area contributed by atoms with E-state index < -0.39 is 0 Å². The monoisotopic (exact) mass is 240 g/mol. The van der Waals surface area contributed by atoms with Gasteiger partial charge in [-0.15, -0.1) is 0 Å². The highest BCUT2D eigenvalue weighted by Gasteiger charge is 2.24. The van der Waals surface area contributed by atoms with Crippen LogP contribution >= 0.6 is 11.6 Å². The zero-order chi connectivity index (χ0) is 11.9. The minimum Gasteiger partial charge on any atom is -0.330 e. The molecule has 0 bridgehead atoms. The molecule has 16 heavy (non-hydrogen) atoms. The van der Waals surface area contributed by atoms with E-state index in [4.69, 9.17) is 11.6 Å². The van der Waals surface area contributed by atoms with Crippen LogP contribution in [-0.4, -0.2) is 9.55 Å². The van der Waals surface area contributed by atoms with Gasteiger partial charge in [0, 0.05) is 13.0 Å². The molecule has 1 aromatic rings. The van der Waals surface area contributed by atoms with Crippen LogP contribution < -0.4 is 0 Å². The van der Waals surface area contributed by atoms with E-state index in [0.717, 1.165) is 30.5 Å². The molecule has 0 saturated carbocycles. The third-order valence-electron chi connectivity index (χ3n) is 3.16. The van der Waals surface area contributed by atoms with Gasteiger partial charge in [0.25, 0.3) is 0 Å². The van der Waals surface area contributed by atoms with Crippen molar-refractivity contribution in [3.63, 3.8) is 0 Å². The van der Waals surface area contributed by atoms with Crippen molar-refractivity contribution in [2.24, 2.45) is 11.3 Å². The molecule has 0 amide bonds. The summed E-state index contributed by atoms with van der Waals surface area (Å²) >= 11 is 6.21. The van der Waals surface area contributed by atoms with Gasteiger partial charge in [-0.25, -0.2) is 4.98 Å². The fourth-order valence-electron chi connectivity index (χ4n) is 2.35. The van der Waals surface area contributed by atoms with Crippen molar-refractivity contribution >= 4 is 11.6 Å². The number of hydrogen-bond acceptors (Lipinski definition) is 1. The molecule has 1 aliphatic heterocycles. The van der Waals surface area contributed by atoms with Crippen LogP contribution in [0.15, 0.2) is 0 Å². The van der Waals surface area contributed by atoms with Crippen molar-refractivity contribution in [1.29, 1.82) is 0 Å². The summed E-state index contributed by atoms with van der Waals surface area (Å²) in [6.07, 6.45) is 3.32. The second-order valence-corrected chi connectivity index (χ2v) is 6.62. The van der Waals surface area contributed by atoms with E-state index in [1.54, 1.807) is 0 Å². The van der Waals surface area contributed by atoms with Crippen LogP contribution in [-0.2, 0) is 19.4 Å². The first-order valence-electron chi connectivity index (χ1n) is 6.10. The van der Waals surface area contributed by atoms with Gasteiger partial charge < -0.3 is 4.57 Å². The molecule has 3 heteroatoms. The number of aromatic nitrogens is 2. The first kappa shape index (κ1) is 12.0. The molecule has 0 fully saturated rings. The van der Waals surface area contributed by atoms with Crippen molar-refractivity contribution in [3.05, 3.63) is 16.7 Å². The van der Waals surface area contributed by atoms with Gasteiger partial charge in [-0.05, 0) is 24.2 Å². The fourth-order valence-corrected chi connectivity index (χ4v) is 2.65. The Morgan fingerprint density at radius 2 is 2.12 bits per heavy atom. The summed E-state index contributed by atoms with van der Waals surface area (Å²) in [6, 6.07) is 0. The van der Waals surface area contributed by atoms with Gasteiger partial charge in [0.2, 0.25) is 0 Å². The van der Waals surface area contributed by atoms with Gasteiger partial charge in [-0.2, -0.15) is 0 Å². The number of hydrogen-bond donors (Lipinski definition) is 0. The van der Waals surface area contributed by atoms with E-state index in [1.165, 1.54) is 17.9 Å². The Morgan fingerprint density at radius 3 is 2.75 bits per heavy atom. The zero-order valence-corrected chi connectivity index (χ0v) is 11.4. The maximum absolute atomic E-state index is 6.21. The smallest absolute Gasteiger partial charge is 0.150 e. The molecule has 2 nitrogen and oxygen atoms in total. The van der Waals surface area contributed by atoms with Crippen molar-refractivity contribution in [2.75, 3.05) is 0 Å². The fraction of sp³-hybridized carbons (Fsp3) is 0.769. The Bertz CT molecular complexity index is 387. The van der Waals surface area contributed by atoms with Crippen molar-refractivity contribution in [2.45, 2.75) is 53.5 Å². The summed E-state index contributed by atoms with van der Waals surface area (Å²) in [5.41, 5.74) is 1.52. The van der Waals surface area contributed by atoms with E-state index in [2.05, 4.69) is 37.2 Å². The van der Waals surface area contributed by atoms with Crippen LogP contribution in [0.1, 0.15) is 45.6 Å². The quantitative estimate of drug-likeness (QED) is 0.732. The van der Waals surface area contributed by atoms with Gasteiger partial charge in [-0.3, -0.25) is 0 Å². The molecular formula is C13H21ClN2. The van der Waals surface area contributed by atoms with Crippen LogP contribution in [0.25, 0.3) is 0 Å². The van der Waals surface area contributed by atoms with E-state index in [9.17, 15) is 0 Å². The van der Waals surface area contributed by atoms with E-state index in [1.807, 2.05) is 0 Å². The lowest BCUT2D eigenvalue weighted by Gasteiger charge is -2.25. The van der Waals surface area contributed by atoms with Crippen LogP contribution in [0, 0.1) is 11.3 Å². The molecule has 0 aromatic carbocycles. The molecule has 0 aliphatic carbocycles.